The first-order chi connectivity index (χ1) is 11.5. The molecule has 1 amide bonds. The number of ether oxygens (including phenoxy) is 1. The minimum Gasteiger partial charge on any atom is -0.497 e. The van der Waals surface area contributed by atoms with Gasteiger partial charge in [-0.25, -0.2) is 0 Å². The summed E-state index contributed by atoms with van der Waals surface area (Å²) in [5.41, 5.74) is 0.212. The van der Waals surface area contributed by atoms with Crippen LogP contribution in [0.1, 0.15) is 35.9 Å². The van der Waals surface area contributed by atoms with E-state index in [4.69, 9.17) is 4.74 Å². The fourth-order valence-corrected chi connectivity index (χ4v) is 2.25. The maximum Gasteiger partial charge on any atom is 0.263 e. The van der Waals surface area contributed by atoms with E-state index in [1.165, 1.54) is 13.3 Å². The Balaban J connectivity index is 1.94. The molecular formula is C16H17N5O3. The number of hydrogen-bond acceptors (Lipinski definition) is 5. The SMILES string of the molecule is COc1ccc2[nH]cc(C(=O)Nc3n[nH]c(C(C)C)n3)c(=O)c2c1. The van der Waals surface area contributed by atoms with Gasteiger partial charge in [0.2, 0.25) is 11.4 Å². The highest BCUT2D eigenvalue weighted by Crippen LogP contribution is 2.17. The van der Waals surface area contributed by atoms with E-state index in [9.17, 15) is 9.59 Å². The lowest BCUT2D eigenvalue weighted by atomic mass is 10.1. The number of carbonyl (C=O) groups is 1. The van der Waals surface area contributed by atoms with Crippen molar-refractivity contribution in [3.05, 3.63) is 46.0 Å². The van der Waals surface area contributed by atoms with Gasteiger partial charge in [-0.15, -0.1) is 5.10 Å². The molecule has 3 N–H and O–H groups in total. The van der Waals surface area contributed by atoms with Crippen LogP contribution in [0.5, 0.6) is 5.75 Å². The maximum atomic E-state index is 12.6. The Kier molecular flexibility index (Phi) is 4.03. The summed E-state index contributed by atoms with van der Waals surface area (Å²) in [7, 11) is 1.52. The number of fused-ring (bicyclic) bond motifs is 1. The number of carbonyl (C=O) groups excluding carboxylic acids is 1. The van der Waals surface area contributed by atoms with Gasteiger partial charge in [0.15, 0.2) is 0 Å². The van der Waals surface area contributed by atoms with E-state index in [0.29, 0.717) is 22.5 Å². The lowest BCUT2D eigenvalue weighted by Gasteiger charge is -2.05. The Bertz CT molecular complexity index is 958. The summed E-state index contributed by atoms with van der Waals surface area (Å²) in [6.07, 6.45) is 1.38. The third-order valence-electron chi connectivity index (χ3n) is 3.61. The molecule has 0 atom stereocenters. The summed E-state index contributed by atoms with van der Waals surface area (Å²) in [4.78, 5) is 32.0. The molecule has 0 aliphatic heterocycles. The van der Waals surface area contributed by atoms with Crippen LogP contribution in [-0.2, 0) is 0 Å². The molecule has 0 saturated heterocycles. The summed E-state index contributed by atoms with van der Waals surface area (Å²) in [5, 5.41) is 9.56. The van der Waals surface area contributed by atoms with Gasteiger partial charge >= 0.3 is 0 Å². The second-order valence-electron chi connectivity index (χ2n) is 5.60. The van der Waals surface area contributed by atoms with Crippen molar-refractivity contribution in [1.29, 1.82) is 0 Å². The van der Waals surface area contributed by atoms with Gasteiger partial charge in [-0.3, -0.25) is 20.0 Å². The molecule has 0 aliphatic carbocycles. The number of hydrogen-bond donors (Lipinski definition) is 3. The average Bonchev–Trinajstić information content (AvgIpc) is 3.03. The molecule has 124 valence electrons. The van der Waals surface area contributed by atoms with E-state index >= 15 is 0 Å². The number of pyridine rings is 1. The van der Waals surface area contributed by atoms with Gasteiger partial charge in [0, 0.05) is 23.0 Å². The lowest BCUT2D eigenvalue weighted by Crippen LogP contribution is -2.22. The molecule has 8 nitrogen and oxygen atoms in total. The van der Waals surface area contributed by atoms with Crippen molar-refractivity contribution in [3.8, 4) is 5.75 Å². The third kappa shape index (κ3) is 2.85. The van der Waals surface area contributed by atoms with Crippen LogP contribution >= 0.6 is 0 Å². The number of H-pyrrole nitrogens is 2. The van der Waals surface area contributed by atoms with Gasteiger partial charge < -0.3 is 9.72 Å². The normalized spacial score (nSPS) is 11.0. The number of rotatable bonds is 4. The first-order valence-electron chi connectivity index (χ1n) is 7.42. The number of nitrogens with one attached hydrogen (secondary N) is 3. The topological polar surface area (TPSA) is 113 Å². The predicted molar refractivity (Wildman–Crippen MR) is 89.5 cm³/mol. The van der Waals surface area contributed by atoms with Crippen molar-refractivity contribution in [1.82, 2.24) is 20.2 Å². The van der Waals surface area contributed by atoms with Crippen LogP contribution in [0.2, 0.25) is 0 Å². The van der Waals surface area contributed by atoms with E-state index in [-0.39, 0.29) is 22.9 Å². The fourth-order valence-electron chi connectivity index (χ4n) is 2.25. The van der Waals surface area contributed by atoms with Crippen LogP contribution in [0, 0.1) is 0 Å². The second-order valence-corrected chi connectivity index (χ2v) is 5.60. The highest BCUT2D eigenvalue weighted by atomic mass is 16.5. The van der Waals surface area contributed by atoms with E-state index in [1.807, 2.05) is 13.8 Å². The van der Waals surface area contributed by atoms with Gasteiger partial charge in [0.05, 0.1) is 7.11 Å². The molecule has 24 heavy (non-hydrogen) atoms. The summed E-state index contributed by atoms with van der Waals surface area (Å²) in [6.45, 7) is 3.90. The number of nitrogens with zero attached hydrogens (tertiary/aromatic N) is 2. The van der Waals surface area contributed by atoms with Gasteiger partial charge in [-0.05, 0) is 18.2 Å². The molecule has 2 aromatic heterocycles. The number of anilines is 1. The zero-order valence-corrected chi connectivity index (χ0v) is 13.5. The molecule has 0 fully saturated rings. The molecule has 8 heteroatoms. The summed E-state index contributed by atoms with van der Waals surface area (Å²) < 4.78 is 5.12. The Morgan fingerprint density at radius 3 is 2.79 bits per heavy atom. The smallest absolute Gasteiger partial charge is 0.263 e. The van der Waals surface area contributed by atoms with Crippen LogP contribution in [-0.4, -0.2) is 33.2 Å². The molecule has 0 unspecified atom stereocenters. The first-order valence-corrected chi connectivity index (χ1v) is 7.42. The summed E-state index contributed by atoms with van der Waals surface area (Å²) >= 11 is 0. The molecule has 1 aromatic carbocycles. The van der Waals surface area contributed by atoms with Crippen LogP contribution in [0.25, 0.3) is 10.9 Å². The third-order valence-corrected chi connectivity index (χ3v) is 3.61. The maximum absolute atomic E-state index is 12.6. The summed E-state index contributed by atoms with van der Waals surface area (Å²) in [6, 6.07) is 5.05. The van der Waals surface area contributed by atoms with Crippen molar-refractivity contribution >= 4 is 22.8 Å². The lowest BCUT2D eigenvalue weighted by molar-refractivity contribution is 0.102. The minimum atomic E-state index is -0.574. The summed E-state index contributed by atoms with van der Waals surface area (Å²) in [5.74, 6) is 0.910. The molecule has 0 saturated carbocycles. The Labute approximate surface area is 137 Å². The zero-order chi connectivity index (χ0) is 17.3. The van der Waals surface area contributed by atoms with Crippen LogP contribution in [0.4, 0.5) is 5.95 Å². The molecule has 0 spiro atoms. The van der Waals surface area contributed by atoms with E-state index in [0.717, 1.165) is 0 Å². The Morgan fingerprint density at radius 1 is 1.33 bits per heavy atom. The molecule has 3 rings (SSSR count). The first kappa shape index (κ1) is 15.7. The zero-order valence-electron chi connectivity index (χ0n) is 13.5. The number of aromatic nitrogens is 4. The molecule has 0 radical (unpaired) electrons. The van der Waals surface area contributed by atoms with Crippen molar-refractivity contribution in [2.75, 3.05) is 12.4 Å². The van der Waals surface area contributed by atoms with Crippen LogP contribution < -0.4 is 15.5 Å². The molecular weight excluding hydrogens is 310 g/mol. The van der Waals surface area contributed by atoms with Crippen molar-refractivity contribution < 1.29 is 9.53 Å². The number of benzene rings is 1. The standard InChI is InChI=1S/C16H17N5O3/c1-8(2)14-18-16(21-20-14)19-15(23)11-7-17-12-5-4-9(24-3)6-10(12)13(11)22/h4-8H,1-3H3,(H,17,22)(H2,18,19,20,21,23). The molecule has 2 heterocycles. The highest BCUT2D eigenvalue weighted by molar-refractivity contribution is 6.04. The van der Waals surface area contributed by atoms with E-state index in [2.05, 4.69) is 25.5 Å². The minimum absolute atomic E-state index is 0.0216. The van der Waals surface area contributed by atoms with Crippen LogP contribution in [0.3, 0.4) is 0 Å². The second kappa shape index (κ2) is 6.15. The number of aromatic amines is 2. The van der Waals surface area contributed by atoms with E-state index < -0.39 is 5.91 Å². The quantitative estimate of drug-likeness (QED) is 0.678. The van der Waals surface area contributed by atoms with Crippen molar-refractivity contribution in [3.63, 3.8) is 0 Å². The largest absolute Gasteiger partial charge is 0.497 e. The fraction of sp³-hybridized carbons (Fsp3) is 0.250. The van der Waals surface area contributed by atoms with Crippen molar-refractivity contribution in [2.45, 2.75) is 19.8 Å². The molecule has 0 aliphatic rings. The monoisotopic (exact) mass is 327 g/mol. The molecule has 3 aromatic rings. The van der Waals surface area contributed by atoms with Gasteiger partial charge in [0.25, 0.3) is 5.91 Å². The number of methoxy groups -OCH3 is 1. The van der Waals surface area contributed by atoms with Gasteiger partial charge in [-0.1, -0.05) is 13.8 Å². The van der Waals surface area contributed by atoms with E-state index in [1.54, 1.807) is 18.2 Å². The molecule has 0 bridgehead atoms. The van der Waals surface area contributed by atoms with Gasteiger partial charge in [0.1, 0.15) is 17.1 Å². The Morgan fingerprint density at radius 2 is 2.12 bits per heavy atom. The predicted octanol–water partition coefficient (Wildman–Crippen LogP) is 2.03. The van der Waals surface area contributed by atoms with Gasteiger partial charge in [-0.2, -0.15) is 4.98 Å². The highest BCUT2D eigenvalue weighted by Gasteiger charge is 2.16. The number of amides is 1. The van der Waals surface area contributed by atoms with Crippen molar-refractivity contribution in [2.24, 2.45) is 0 Å². The Hall–Kier alpha value is -3.16. The van der Waals surface area contributed by atoms with Crippen LogP contribution in [0.15, 0.2) is 29.2 Å². The average molecular weight is 327 g/mol.